The summed E-state index contributed by atoms with van der Waals surface area (Å²) in [5.74, 6) is 0.0740. The van der Waals surface area contributed by atoms with Gasteiger partial charge in [-0.25, -0.2) is 8.93 Å². The molecule has 0 aliphatic carbocycles. The van der Waals surface area contributed by atoms with E-state index in [1.54, 1.807) is 32.0 Å². The lowest BCUT2D eigenvalue weighted by Gasteiger charge is -2.24. The van der Waals surface area contributed by atoms with E-state index in [1.807, 2.05) is 25.1 Å². The van der Waals surface area contributed by atoms with Crippen molar-refractivity contribution in [3.63, 3.8) is 0 Å². The van der Waals surface area contributed by atoms with Crippen molar-refractivity contribution in [3.05, 3.63) is 52.0 Å². The number of rotatable bonds is 7. The first-order valence-corrected chi connectivity index (χ1v) is 10.1. The van der Waals surface area contributed by atoms with Crippen molar-refractivity contribution >= 4 is 38.5 Å². The number of benzene rings is 2. The second-order valence-corrected chi connectivity index (χ2v) is 8.40. The fourth-order valence-corrected chi connectivity index (χ4v) is 3.61. The average Bonchev–Trinajstić information content (AvgIpc) is 2.63. The van der Waals surface area contributed by atoms with Crippen molar-refractivity contribution < 1.29 is 18.5 Å². The molecule has 0 bridgehead atoms. The van der Waals surface area contributed by atoms with Crippen LogP contribution in [-0.4, -0.2) is 30.1 Å². The van der Waals surface area contributed by atoms with Gasteiger partial charge < -0.3 is 14.8 Å². The first-order chi connectivity index (χ1) is 12.7. The maximum atomic E-state index is 12.6. The van der Waals surface area contributed by atoms with Crippen molar-refractivity contribution in [2.75, 3.05) is 19.5 Å². The molecule has 1 atom stereocenters. The molecule has 2 rings (SSSR count). The van der Waals surface area contributed by atoms with Crippen molar-refractivity contribution in [1.29, 1.82) is 0 Å². The van der Waals surface area contributed by atoms with E-state index in [9.17, 15) is 9.00 Å². The number of ether oxygens (including phenoxy) is 2. The number of carbonyl (C=O) groups is 1. The first-order valence-electron chi connectivity index (χ1n) is 8.17. The van der Waals surface area contributed by atoms with Gasteiger partial charge >= 0.3 is 0 Å². The number of aryl methyl sites for hydroxylation is 1. The summed E-state index contributed by atoms with van der Waals surface area (Å²) in [4.78, 5) is 13.0. The van der Waals surface area contributed by atoms with Gasteiger partial charge in [-0.2, -0.15) is 0 Å². The fraction of sp³-hybridized carbons (Fsp3) is 0.316. The van der Waals surface area contributed by atoms with Crippen LogP contribution in [0.1, 0.15) is 29.8 Å². The van der Waals surface area contributed by atoms with E-state index >= 15 is 0 Å². The number of hydrogen-bond acceptors (Lipinski definition) is 4. The molecule has 2 aromatic rings. The van der Waals surface area contributed by atoms with E-state index in [0.29, 0.717) is 21.9 Å². The molecule has 2 aromatic carbocycles. The molecule has 0 aliphatic rings. The molecule has 27 heavy (non-hydrogen) atoms. The Balaban J connectivity index is 2.22. The van der Waals surface area contributed by atoms with Crippen LogP contribution in [0.15, 0.2) is 45.8 Å². The number of halogens is 1. The summed E-state index contributed by atoms with van der Waals surface area (Å²) in [6.07, 6.45) is 0. The second-order valence-electron chi connectivity index (χ2n) is 6.37. The molecule has 0 saturated heterocycles. The van der Waals surface area contributed by atoms with E-state index in [1.165, 1.54) is 14.2 Å². The predicted octanol–water partition coefficient (Wildman–Crippen LogP) is 4.01. The van der Waals surface area contributed by atoms with E-state index in [0.717, 1.165) is 10.0 Å². The normalized spacial score (nSPS) is 12.5. The predicted molar refractivity (Wildman–Crippen MR) is 110 cm³/mol. The number of carbonyl (C=O) groups excluding carboxylic acids is 1. The van der Waals surface area contributed by atoms with Crippen molar-refractivity contribution in [3.8, 4) is 5.75 Å². The fourth-order valence-electron chi connectivity index (χ4n) is 2.21. The van der Waals surface area contributed by atoms with Gasteiger partial charge in [0.2, 0.25) is 0 Å². The summed E-state index contributed by atoms with van der Waals surface area (Å²) in [6, 6.07) is 10.3. The number of methoxy groups -OCH3 is 2. The maximum Gasteiger partial charge on any atom is 0.255 e. The summed E-state index contributed by atoms with van der Waals surface area (Å²) in [6.45, 7) is 5.47. The smallest absolute Gasteiger partial charge is 0.255 e. The minimum atomic E-state index is -1.57. The summed E-state index contributed by atoms with van der Waals surface area (Å²) < 4.78 is 27.0. The zero-order valence-electron chi connectivity index (χ0n) is 15.9. The highest BCUT2D eigenvalue weighted by atomic mass is 79.9. The Kier molecular flexibility index (Phi) is 7.16. The van der Waals surface area contributed by atoms with Crippen LogP contribution >= 0.6 is 15.9 Å². The van der Waals surface area contributed by atoms with Gasteiger partial charge in [-0.1, -0.05) is 15.9 Å². The molecule has 0 fully saturated rings. The molecule has 8 heteroatoms. The molecule has 0 aromatic heterocycles. The Morgan fingerprint density at radius 2 is 1.85 bits per heavy atom. The lowest BCUT2D eigenvalue weighted by Crippen LogP contribution is -2.42. The lowest BCUT2D eigenvalue weighted by atomic mass is 10.2. The van der Waals surface area contributed by atoms with Gasteiger partial charge in [0, 0.05) is 22.8 Å². The summed E-state index contributed by atoms with van der Waals surface area (Å²) in [7, 11) is 1.43. The number of hydrogen-bond donors (Lipinski definition) is 2. The van der Waals surface area contributed by atoms with Crippen molar-refractivity contribution in [2.24, 2.45) is 0 Å². The third-order valence-corrected chi connectivity index (χ3v) is 6.19. The highest BCUT2D eigenvalue weighted by Crippen LogP contribution is 2.25. The maximum absolute atomic E-state index is 12.6. The highest BCUT2D eigenvalue weighted by Gasteiger charge is 2.22. The highest BCUT2D eigenvalue weighted by molar-refractivity contribution is 9.10. The Morgan fingerprint density at radius 1 is 1.15 bits per heavy atom. The zero-order chi connectivity index (χ0) is 20.2. The Bertz CT molecular complexity index is 871. The molecule has 6 nitrogen and oxygen atoms in total. The summed E-state index contributed by atoms with van der Waals surface area (Å²) in [5.41, 5.74) is 1.34. The zero-order valence-corrected chi connectivity index (χ0v) is 18.3. The molecular weight excluding hydrogens is 432 g/mol. The molecule has 1 unspecified atom stereocenters. The third-order valence-electron chi connectivity index (χ3n) is 3.89. The van der Waals surface area contributed by atoms with Crippen LogP contribution in [0.4, 0.5) is 5.69 Å². The minimum Gasteiger partial charge on any atom is -0.495 e. The van der Waals surface area contributed by atoms with Crippen LogP contribution in [0.3, 0.4) is 0 Å². The van der Waals surface area contributed by atoms with Gasteiger partial charge in [0.1, 0.15) is 22.5 Å². The van der Waals surface area contributed by atoms with E-state index in [4.69, 9.17) is 9.47 Å². The van der Waals surface area contributed by atoms with E-state index < -0.39 is 16.7 Å². The van der Waals surface area contributed by atoms with Gasteiger partial charge in [0.05, 0.1) is 12.0 Å². The average molecular weight is 455 g/mol. The number of amides is 1. The quantitative estimate of drug-likeness (QED) is 0.619. The van der Waals surface area contributed by atoms with Gasteiger partial charge in [0.15, 0.2) is 0 Å². The summed E-state index contributed by atoms with van der Waals surface area (Å²) >= 11 is 3.43. The second kappa shape index (κ2) is 8.97. The van der Waals surface area contributed by atoms with Crippen LogP contribution in [0.5, 0.6) is 5.75 Å². The number of anilines is 1. The Morgan fingerprint density at radius 3 is 2.44 bits per heavy atom. The van der Waals surface area contributed by atoms with Crippen LogP contribution < -0.4 is 14.8 Å². The molecule has 146 valence electrons. The lowest BCUT2D eigenvalue weighted by molar-refractivity contribution is 0.0143. The van der Waals surface area contributed by atoms with Crippen LogP contribution in [0, 0.1) is 6.92 Å². The SMILES string of the molecule is COc1cc(C(=O)Nc2ccc(Br)c(C)c2)ccc1S(=O)NC(C)(C)OC. The molecular formula is C19H23BrN2O4S. The Hall–Kier alpha value is -1.74. The topological polar surface area (TPSA) is 76.7 Å². The molecule has 0 saturated carbocycles. The number of nitrogens with one attached hydrogen (secondary N) is 2. The monoisotopic (exact) mass is 454 g/mol. The van der Waals surface area contributed by atoms with Crippen molar-refractivity contribution in [2.45, 2.75) is 31.4 Å². The van der Waals surface area contributed by atoms with Gasteiger partial charge in [-0.15, -0.1) is 0 Å². The summed E-state index contributed by atoms with van der Waals surface area (Å²) in [5, 5.41) is 2.85. The Labute approximate surface area is 170 Å². The van der Waals surface area contributed by atoms with Gasteiger partial charge in [-0.3, -0.25) is 4.79 Å². The van der Waals surface area contributed by atoms with Gasteiger partial charge in [-0.05, 0) is 62.7 Å². The van der Waals surface area contributed by atoms with Crippen molar-refractivity contribution in [1.82, 2.24) is 4.72 Å². The standard InChI is InChI=1S/C19H23BrN2O4S/c1-12-10-14(7-8-15(12)20)21-18(23)13-6-9-17(16(11-13)25-4)27(24)22-19(2,3)26-5/h6-11,22H,1-5H3,(H,21,23). The van der Waals surface area contributed by atoms with E-state index in [2.05, 4.69) is 26.0 Å². The van der Waals surface area contributed by atoms with Crippen LogP contribution in [-0.2, 0) is 15.7 Å². The largest absolute Gasteiger partial charge is 0.495 e. The molecule has 0 radical (unpaired) electrons. The third kappa shape index (κ3) is 5.62. The van der Waals surface area contributed by atoms with Gasteiger partial charge in [0.25, 0.3) is 5.91 Å². The first kappa shape index (κ1) is 21.6. The molecule has 2 N–H and O–H groups in total. The molecule has 0 heterocycles. The van der Waals surface area contributed by atoms with E-state index in [-0.39, 0.29) is 5.91 Å². The molecule has 0 aliphatic heterocycles. The van der Waals surface area contributed by atoms with Crippen LogP contribution in [0.2, 0.25) is 0 Å². The van der Waals surface area contributed by atoms with Crippen LogP contribution in [0.25, 0.3) is 0 Å². The molecule has 0 spiro atoms. The minimum absolute atomic E-state index is 0.280. The molecule has 1 amide bonds.